The van der Waals surface area contributed by atoms with Gasteiger partial charge in [0, 0.05) is 24.7 Å². The molecule has 38 heavy (non-hydrogen) atoms. The normalized spacial score (nSPS) is 30.0. The lowest BCUT2D eigenvalue weighted by molar-refractivity contribution is -0.137. The van der Waals surface area contributed by atoms with Crippen molar-refractivity contribution >= 4 is 28.9 Å². The van der Waals surface area contributed by atoms with E-state index in [1.165, 1.54) is 23.8 Å². The Kier molecular flexibility index (Phi) is 8.41. The van der Waals surface area contributed by atoms with Crippen LogP contribution in [0.15, 0.2) is 18.2 Å². The molecule has 0 radical (unpaired) electrons. The average Bonchev–Trinajstić information content (AvgIpc) is 3.01. The molecule has 0 aromatic heterocycles. The van der Waals surface area contributed by atoms with Crippen LogP contribution in [0.2, 0.25) is 0 Å². The van der Waals surface area contributed by atoms with Gasteiger partial charge in [0.1, 0.15) is 5.54 Å². The maximum atomic E-state index is 13.6. The second-order valence-electron chi connectivity index (χ2n) is 11.6. The van der Waals surface area contributed by atoms with Gasteiger partial charge in [-0.25, -0.2) is 0 Å². The molecule has 1 aromatic rings. The molecule has 2 heterocycles. The lowest BCUT2D eigenvalue weighted by atomic mass is 9.87. The van der Waals surface area contributed by atoms with E-state index in [1.54, 1.807) is 19.9 Å². The second kappa shape index (κ2) is 11.1. The first kappa shape index (κ1) is 28.8. The molecule has 1 unspecified atom stereocenters. The highest BCUT2D eigenvalue weighted by molar-refractivity contribution is 7.80. The molecule has 3 fully saturated rings. The van der Waals surface area contributed by atoms with E-state index in [0.29, 0.717) is 18.0 Å². The Morgan fingerprint density at radius 2 is 1.79 bits per heavy atom. The van der Waals surface area contributed by atoms with E-state index >= 15 is 0 Å². The van der Waals surface area contributed by atoms with Crippen molar-refractivity contribution in [2.24, 2.45) is 5.92 Å². The second-order valence-corrected chi connectivity index (χ2v) is 12.0. The summed E-state index contributed by atoms with van der Waals surface area (Å²) < 4.78 is 46.9. The predicted molar refractivity (Wildman–Crippen MR) is 144 cm³/mol. The number of nitriles is 1. The minimum atomic E-state index is -4.72. The van der Waals surface area contributed by atoms with Crippen LogP contribution in [0.3, 0.4) is 0 Å². The van der Waals surface area contributed by atoms with Crippen LogP contribution in [0.25, 0.3) is 0 Å². The Labute approximate surface area is 228 Å². The largest absolute Gasteiger partial charge is 0.417 e. The van der Waals surface area contributed by atoms with Crippen LogP contribution in [0, 0.1) is 17.2 Å². The van der Waals surface area contributed by atoms with Gasteiger partial charge in [-0.15, -0.1) is 0 Å². The van der Waals surface area contributed by atoms with Crippen molar-refractivity contribution in [3.05, 3.63) is 29.3 Å². The van der Waals surface area contributed by atoms with Crippen LogP contribution in [0.4, 0.5) is 18.9 Å². The summed E-state index contributed by atoms with van der Waals surface area (Å²) in [7, 11) is 0. The van der Waals surface area contributed by atoms with Gasteiger partial charge >= 0.3 is 6.18 Å². The lowest BCUT2D eigenvalue weighted by Crippen LogP contribution is -2.51. The molecule has 208 valence electrons. The Balaban J connectivity index is 1.39. The first-order valence-electron chi connectivity index (χ1n) is 13.5. The molecule has 2 saturated heterocycles. The van der Waals surface area contributed by atoms with E-state index in [-0.39, 0.29) is 28.9 Å². The number of anilines is 1. The molecule has 6 nitrogen and oxygen atoms in total. The summed E-state index contributed by atoms with van der Waals surface area (Å²) in [6.45, 7) is 8.74. The molecule has 1 amide bonds. The quantitative estimate of drug-likeness (QED) is 0.453. The number of piperidine rings is 1. The van der Waals surface area contributed by atoms with Gasteiger partial charge in [0.2, 0.25) is 0 Å². The first-order chi connectivity index (χ1) is 17.8. The highest BCUT2D eigenvalue weighted by Crippen LogP contribution is 2.40. The Hall–Kier alpha value is -2.22. The van der Waals surface area contributed by atoms with E-state index in [9.17, 15) is 18.0 Å². The maximum absolute atomic E-state index is 13.6. The van der Waals surface area contributed by atoms with E-state index in [0.717, 1.165) is 50.8 Å². The van der Waals surface area contributed by atoms with Crippen molar-refractivity contribution in [3.63, 3.8) is 0 Å². The fourth-order valence-electron chi connectivity index (χ4n) is 6.48. The number of nitrogens with one attached hydrogen (secondary N) is 1. The van der Waals surface area contributed by atoms with Gasteiger partial charge in [-0.3, -0.25) is 9.69 Å². The number of hydrogen-bond acceptors (Lipinski definition) is 5. The zero-order valence-corrected chi connectivity index (χ0v) is 23.3. The number of rotatable bonds is 6. The molecule has 2 aliphatic heterocycles. The third-order valence-electron chi connectivity index (χ3n) is 8.24. The SMILES string of the molecule is C[C@@H]1CC(CCO[C@H]2CC[C@H](N3C(=S)N(c4ccc(C#N)c(C(F)(F)F)c4)C(=O)C3(C)C)CC2)C[C@H](C)N1. The number of hydrogen-bond donors (Lipinski definition) is 1. The zero-order valence-electron chi connectivity index (χ0n) is 22.5. The van der Waals surface area contributed by atoms with Gasteiger partial charge in [0.25, 0.3) is 5.91 Å². The smallest absolute Gasteiger partial charge is 0.378 e. The summed E-state index contributed by atoms with van der Waals surface area (Å²) in [6.07, 6.45) is 2.14. The molecule has 3 atom stereocenters. The number of nitrogens with zero attached hydrogens (tertiary/aromatic N) is 3. The van der Waals surface area contributed by atoms with E-state index in [2.05, 4.69) is 19.2 Å². The molecular weight excluding hydrogens is 513 g/mol. The number of ether oxygens (including phenoxy) is 1. The van der Waals surface area contributed by atoms with Crippen LogP contribution in [-0.4, -0.2) is 52.3 Å². The molecule has 1 saturated carbocycles. The van der Waals surface area contributed by atoms with E-state index in [4.69, 9.17) is 22.2 Å². The number of thiocarbonyl (C=S) groups is 1. The van der Waals surface area contributed by atoms with E-state index in [1.807, 2.05) is 4.90 Å². The van der Waals surface area contributed by atoms with Crippen LogP contribution < -0.4 is 10.2 Å². The summed E-state index contributed by atoms with van der Waals surface area (Å²) in [5.74, 6) is 0.307. The molecule has 1 N–H and O–H groups in total. The Morgan fingerprint density at radius 1 is 1.16 bits per heavy atom. The number of halogens is 3. The summed E-state index contributed by atoms with van der Waals surface area (Å²) >= 11 is 5.69. The molecule has 10 heteroatoms. The summed E-state index contributed by atoms with van der Waals surface area (Å²) in [4.78, 5) is 16.5. The fourth-order valence-corrected chi connectivity index (χ4v) is 7.04. The molecule has 0 bridgehead atoms. The summed E-state index contributed by atoms with van der Waals surface area (Å²) in [6, 6.07) is 5.95. The first-order valence-corrected chi connectivity index (χ1v) is 13.9. The van der Waals surface area contributed by atoms with Crippen molar-refractivity contribution in [2.45, 2.75) is 109 Å². The maximum Gasteiger partial charge on any atom is 0.417 e. The van der Waals surface area contributed by atoms with Gasteiger partial charge in [0.15, 0.2) is 5.11 Å². The molecule has 4 rings (SSSR count). The van der Waals surface area contributed by atoms with Crippen LogP contribution in [0.5, 0.6) is 0 Å². The van der Waals surface area contributed by atoms with Crippen LogP contribution in [-0.2, 0) is 15.7 Å². The van der Waals surface area contributed by atoms with Gasteiger partial charge in [-0.2, -0.15) is 18.4 Å². The minimum absolute atomic E-state index is 0.00196. The van der Waals surface area contributed by atoms with Gasteiger partial charge in [-0.05, 0) is 109 Å². The number of amides is 1. The summed E-state index contributed by atoms with van der Waals surface area (Å²) in [5.41, 5.74) is -2.53. The lowest BCUT2D eigenvalue weighted by Gasteiger charge is -2.41. The third kappa shape index (κ3) is 5.85. The predicted octanol–water partition coefficient (Wildman–Crippen LogP) is 5.78. The van der Waals surface area contributed by atoms with Gasteiger partial charge < -0.3 is 15.0 Å². The van der Waals surface area contributed by atoms with Crippen molar-refractivity contribution in [2.75, 3.05) is 11.5 Å². The molecule has 3 aliphatic rings. The number of alkyl halides is 3. The fraction of sp³-hybridized carbons (Fsp3) is 0.679. The van der Waals surface area contributed by atoms with Gasteiger partial charge in [-0.1, -0.05) is 0 Å². The summed E-state index contributed by atoms with van der Waals surface area (Å²) in [5, 5.41) is 12.9. The zero-order chi connectivity index (χ0) is 27.8. The molecule has 1 aliphatic carbocycles. The Bertz CT molecular complexity index is 1080. The van der Waals surface area contributed by atoms with Crippen LogP contribution >= 0.6 is 12.2 Å². The third-order valence-corrected chi connectivity index (χ3v) is 8.62. The van der Waals surface area contributed by atoms with Gasteiger partial charge in [0.05, 0.1) is 29.0 Å². The van der Waals surface area contributed by atoms with E-state index < -0.39 is 22.8 Å². The van der Waals surface area contributed by atoms with Crippen molar-refractivity contribution in [1.29, 1.82) is 5.26 Å². The Morgan fingerprint density at radius 3 is 2.37 bits per heavy atom. The monoisotopic (exact) mass is 550 g/mol. The van der Waals surface area contributed by atoms with Crippen molar-refractivity contribution in [3.8, 4) is 6.07 Å². The molecular formula is C28H37F3N4O2S. The average molecular weight is 551 g/mol. The molecule has 0 spiro atoms. The number of benzene rings is 1. The minimum Gasteiger partial charge on any atom is -0.378 e. The number of carbonyl (C=O) groups excluding carboxylic acids is 1. The topological polar surface area (TPSA) is 68.6 Å². The van der Waals surface area contributed by atoms with Crippen LogP contribution in [0.1, 0.15) is 83.8 Å². The number of carbonyl (C=O) groups is 1. The molecule has 1 aromatic carbocycles. The highest BCUT2D eigenvalue weighted by atomic mass is 32.1. The highest BCUT2D eigenvalue weighted by Gasteiger charge is 2.52. The van der Waals surface area contributed by atoms with Crippen molar-refractivity contribution in [1.82, 2.24) is 10.2 Å². The standard InChI is InChI=1S/C28H37F3N4O2S/c1-17-13-19(14-18(2)33-17)11-12-37-23-9-7-21(8-10-23)35-26(38)34(25(36)27(35,3)4)22-6-5-20(16-32)24(15-22)28(29,30)31/h5-6,15,17-19,21,23,33H,7-14H2,1-4H3/t17-,18+,19?,21-,23-. The van der Waals surface area contributed by atoms with Crippen molar-refractivity contribution < 1.29 is 22.7 Å².